The molecule has 27 heavy (non-hydrogen) atoms. The quantitative estimate of drug-likeness (QED) is 0.536. The van der Waals surface area contributed by atoms with Crippen molar-refractivity contribution in [2.45, 2.75) is 6.42 Å². The second-order valence-electron chi connectivity index (χ2n) is 5.40. The molecular weight excluding hydrogens is 415 g/mol. The smallest absolute Gasteiger partial charge is 0.313 e. The summed E-state index contributed by atoms with van der Waals surface area (Å²) in [4.78, 5) is 23.9. The number of halogens is 3. The number of carbonyl (C=O) groups is 2. The van der Waals surface area contributed by atoms with E-state index in [-0.39, 0.29) is 27.3 Å². The number of hydrogen-bond acceptors (Lipinski definition) is 4. The highest BCUT2D eigenvalue weighted by Gasteiger charge is 2.15. The van der Waals surface area contributed by atoms with Gasteiger partial charge in [0, 0.05) is 12.2 Å². The van der Waals surface area contributed by atoms with Gasteiger partial charge in [-0.15, -0.1) is 0 Å². The van der Waals surface area contributed by atoms with E-state index in [9.17, 15) is 9.59 Å². The van der Waals surface area contributed by atoms with E-state index in [4.69, 9.17) is 44.3 Å². The summed E-state index contributed by atoms with van der Waals surface area (Å²) < 4.78 is 10.4. The van der Waals surface area contributed by atoms with Gasteiger partial charge in [-0.1, -0.05) is 40.9 Å². The predicted octanol–water partition coefficient (Wildman–Crippen LogP) is 3.96. The van der Waals surface area contributed by atoms with Crippen LogP contribution in [0.15, 0.2) is 30.3 Å². The Morgan fingerprint density at radius 2 is 1.56 bits per heavy atom. The van der Waals surface area contributed by atoms with Gasteiger partial charge in [-0.25, -0.2) is 0 Å². The van der Waals surface area contributed by atoms with Crippen molar-refractivity contribution in [2.75, 3.05) is 26.1 Å². The first-order valence-electron chi connectivity index (χ1n) is 7.80. The molecule has 2 aromatic carbocycles. The van der Waals surface area contributed by atoms with Gasteiger partial charge in [-0.3, -0.25) is 9.59 Å². The van der Waals surface area contributed by atoms with E-state index in [1.807, 2.05) is 12.1 Å². The zero-order chi connectivity index (χ0) is 20.0. The first-order chi connectivity index (χ1) is 12.8. The fraction of sp³-hybridized carbons (Fsp3) is 0.222. The Hall–Kier alpha value is -2.15. The normalized spacial score (nSPS) is 10.3. The van der Waals surface area contributed by atoms with Crippen molar-refractivity contribution in [3.63, 3.8) is 0 Å². The number of rotatable bonds is 6. The second kappa shape index (κ2) is 9.69. The van der Waals surface area contributed by atoms with Crippen molar-refractivity contribution < 1.29 is 19.1 Å². The molecule has 144 valence electrons. The summed E-state index contributed by atoms with van der Waals surface area (Å²) in [5, 5.41) is 5.49. The Labute approximate surface area is 171 Å². The van der Waals surface area contributed by atoms with Crippen LogP contribution < -0.4 is 20.1 Å². The Balaban J connectivity index is 1.89. The average Bonchev–Trinajstić information content (AvgIpc) is 2.65. The highest BCUT2D eigenvalue weighted by Crippen LogP contribution is 2.33. The van der Waals surface area contributed by atoms with E-state index in [1.165, 1.54) is 12.1 Å². The fourth-order valence-electron chi connectivity index (χ4n) is 2.25. The van der Waals surface area contributed by atoms with Crippen LogP contribution in [-0.2, 0) is 16.0 Å². The molecule has 6 nitrogen and oxygen atoms in total. The largest absolute Gasteiger partial charge is 0.493 e. The van der Waals surface area contributed by atoms with E-state index in [0.717, 1.165) is 5.56 Å². The first-order valence-corrected chi connectivity index (χ1v) is 8.93. The molecule has 0 heterocycles. The van der Waals surface area contributed by atoms with Crippen LogP contribution in [-0.4, -0.2) is 32.6 Å². The van der Waals surface area contributed by atoms with Crippen molar-refractivity contribution in [3.8, 4) is 11.5 Å². The molecule has 0 aromatic heterocycles. The number of benzene rings is 2. The molecule has 0 saturated carbocycles. The third-order valence-corrected chi connectivity index (χ3v) is 4.79. The molecule has 2 N–H and O–H groups in total. The Morgan fingerprint density at radius 3 is 2.15 bits per heavy atom. The molecule has 0 spiro atoms. The maximum absolute atomic E-state index is 12.0. The van der Waals surface area contributed by atoms with Crippen LogP contribution in [0, 0.1) is 0 Å². The lowest BCUT2D eigenvalue weighted by Gasteiger charge is -2.10. The monoisotopic (exact) mass is 430 g/mol. The summed E-state index contributed by atoms with van der Waals surface area (Å²) in [6.45, 7) is 0.268. The molecule has 0 radical (unpaired) electrons. The molecule has 0 unspecified atom stereocenters. The summed E-state index contributed by atoms with van der Waals surface area (Å²) in [7, 11) is 3.10. The van der Waals surface area contributed by atoms with Crippen LogP contribution >= 0.6 is 34.8 Å². The van der Waals surface area contributed by atoms with Crippen LogP contribution in [0.3, 0.4) is 0 Å². The Morgan fingerprint density at radius 1 is 0.926 bits per heavy atom. The minimum Gasteiger partial charge on any atom is -0.493 e. The van der Waals surface area contributed by atoms with Crippen LogP contribution in [0.2, 0.25) is 15.1 Å². The molecule has 2 rings (SSSR count). The lowest BCUT2D eigenvalue weighted by molar-refractivity contribution is -0.136. The van der Waals surface area contributed by atoms with E-state index in [2.05, 4.69) is 10.6 Å². The molecule has 0 fully saturated rings. The molecule has 0 aliphatic carbocycles. The van der Waals surface area contributed by atoms with Crippen molar-refractivity contribution in [2.24, 2.45) is 0 Å². The van der Waals surface area contributed by atoms with Gasteiger partial charge < -0.3 is 20.1 Å². The maximum atomic E-state index is 12.0. The van der Waals surface area contributed by atoms with Crippen LogP contribution in [0.4, 0.5) is 5.69 Å². The van der Waals surface area contributed by atoms with Gasteiger partial charge in [0.15, 0.2) is 11.5 Å². The van der Waals surface area contributed by atoms with Gasteiger partial charge in [-0.05, 0) is 36.2 Å². The van der Waals surface area contributed by atoms with Crippen molar-refractivity contribution in [1.82, 2.24) is 5.32 Å². The molecule has 0 saturated heterocycles. The number of ether oxygens (including phenoxy) is 2. The number of hydrogen-bond donors (Lipinski definition) is 2. The van der Waals surface area contributed by atoms with E-state index in [1.54, 1.807) is 20.3 Å². The summed E-state index contributed by atoms with van der Waals surface area (Å²) in [5.41, 5.74) is 1.19. The molecule has 0 aliphatic rings. The summed E-state index contributed by atoms with van der Waals surface area (Å²) in [6.07, 6.45) is 0.512. The van der Waals surface area contributed by atoms with E-state index in [0.29, 0.717) is 17.9 Å². The van der Waals surface area contributed by atoms with Crippen LogP contribution in [0.25, 0.3) is 0 Å². The standard InChI is InChI=1S/C18H17Cl3N2O4/c1-26-14-4-3-10(7-15(14)27-2)5-6-22-17(24)18(25)23-11-8-12(19)16(21)13(20)9-11/h3-4,7-9H,5-6H2,1-2H3,(H,22,24)(H,23,25). The summed E-state index contributed by atoms with van der Waals surface area (Å²) in [5.74, 6) is -0.407. The molecule has 0 bridgehead atoms. The molecule has 2 amide bonds. The van der Waals surface area contributed by atoms with Gasteiger partial charge in [0.2, 0.25) is 0 Å². The Bertz CT molecular complexity index is 835. The maximum Gasteiger partial charge on any atom is 0.313 e. The Kier molecular flexibility index (Phi) is 7.59. The number of amides is 2. The molecule has 2 aromatic rings. The number of methoxy groups -OCH3 is 2. The third-order valence-electron chi connectivity index (χ3n) is 3.60. The predicted molar refractivity (Wildman–Crippen MR) is 106 cm³/mol. The second-order valence-corrected chi connectivity index (χ2v) is 6.60. The van der Waals surface area contributed by atoms with Crippen molar-refractivity contribution in [3.05, 3.63) is 51.0 Å². The van der Waals surface area contributed by atoms with Crippen molar-refractivity contribution in [1.29, 1.82) is 0 Å². The highest BCUT2D eigenvalue weighted by atomic mass is 35.5. The lowest BCUT2D eigenvalue weighted by Crippen LogP contribution is -2.36. The van der Waals surface area contributed by atoms with Gasteiger partial charge >= 0.3 is 11.8 Å². The highest BCUT2D eigenvalue weighted by molar-refractivity contribution is 6.48. The summed E-state index contributed by atoms with van der Waals surface area (Å²) >= 11 is 17.6. The van der Waals surface area contributed by atoms with Crippen LogP contribution in [0.5, 0.6) is 11.5 Å². The number of carbonyl (C=O) groups excluding carboxylic acids is 2. The lowest BCUT2D eigenvalue weighted by atomic mass is 10.1. The number of anilines is 1. The SMILES string of the molecule is COc1ccc(CCNC(=O)C(=O)Nc2cc(Cl)c(Cl)c(Cl)c2)cc1OC. The molecule has 0 atom stereocenters. The molecule has 9 heteroatoms. The summed E-state index contributed by atoms with van der Waals surface area (Å²) in [6, 6.07) is 8.25. The zero-order valence-corrected chi connectivity index (χ0v) is 16.8. The third kappa shape index (κ3) is 5.66. The molecular formula is C18H17Cl3N2O4. The topological polar surface area (TPSA) is 76.7 Å². The van der Waals surface area contributed by atoms with Gasteiger partial charge in [0.1, 0.15) is 0 Å². The van der Waals surface area contributed by atoms with E-state index < -0.39 is 11.8 Å². The molecule has 0 aliphatic heterocycles. The van der Waals surface area contributed by atoms with Gasteiger partial charge in [0.05, 0.1) is 29.3 Å². The van der Waals surface area contributed by atoms with E-state index >= 15 is 0 Å². The number of nitrogens with one attached hydrogen (secondary N) is 2. The van der Waals surface area contributed by atoms with Crippen molar-refractivity contribution >= 4 is 52.3 Å². The minimum atomic E-state index is -0.836. The van der Waals surface area contributed by atoms with Gasteiger partial charge in [-0.2, -0.15) is 0 Å². The zero-order valence-electron chi connectivity index (χ0n) is 14.6. The first kappa shape index (κ1) is 21.2. The average molecular weight is 432 g/mol. The fourth-order valence-corrected chi connectivity index (χ4v) is 2.85. The minimum absolute atomic E-state index is 0.174. The van der Waals surface area contributed by atoms with Crippen LogP contribution in [0.1, 0.15) is 5.56 Å². The van der Waals surface area contributed by atoms with Gasteiger partial charge in [0.25, 0.3) is 0 Å².